The van der Waals surface area contributed by atoms with Crippen LogP contribution < -0.4 is 0 Å². The van der Waals surface area contributed by atoms with Gasteiger partial charge >= 0.3 is 0 Å². The van der Waals surface area contributed by atoms with E-state index in [9.17, 15) is 5.11 Å². The van der Waals surface area contributed by atoms with Crippen LogP contribution in [0.15, 0.2) is 12.7 Å². The van der Waals surface area contributed by atoms with Gasteiger partial charge in [0.05, 0.1) is 6.10 Å². The molecular weight excluding hydrogens is 136 g/mol. The molecule has 1 rings (SSSR count). The lowest BCUT2D eigenvalue weighted by Gasteiger charge is -2.30. The van der Waals surface area contributed by atoms with Crippen LogP contribution in [-0.4, -0.2) is 11.2 Å². The van der Waals surface area contributed by atoms with Gasteiger partial charge in [-0.05, 0) is 18.3 Å². The molecule has 1 aliphatic carbocycles. The Morgan fingerprint density at radius 1 is 1.45 bits per heavy atom. The molecule has 1 N–H and O–H groups in total. The predicted octanol–water partition coefficient (Wildman–Crippen LogP) is 2.36. The molecule has 0 heterocycles. The van der Waals surface area contributed by atoms with E-state index in [1.807, 2.05) is 0 Å². The van der Waals surface area contributed by atoms with E-state index < -0.39 is 0 Å². The highest BCUT2D eigenvalue weighted by atomic mass is 16.3. The van der Waals surface area contributed by atoms with Crippen molar-refractivity contribution in [3.8, 4) is 0 Å². The molecule has 0 amide bonds. The number of hydrogen-bond donors (Lipinski definition) is 1. The Hall–Kier alpha value is -0.300. The Balaban J connectivity index is 2.46. The summed E-state index contributed by atoms with van der Waals surface area (Å²) in [6.07, 6.45) is 6.46. The first-order chi connectivity index (χ1) is 5.25. The van der Waals surface area contributed by atoms with E-state index in [0.717, 1.165) is 0 Å². The van der Waals surface area contributed by atoms with Crippen LogP contribution in [0.5, 0.6) is 0 Å². The lowest BCUT2D eigenvalue weighted by Crippen LogP contribution is -2.27. The first-order valence-corrected chi connectivity index (χ1v) is 4.56. The van der Waals surface area contributed by atoms with Gasteiger partial charge in [-0.15, -0.1) is 6.58 Å². The zero-order valence-corrected chi connectivity index (χ0v) is 7.29. The van der Waals surface area contributed by atoms with Crippen LogP contribution in [0.2, 0.25) is 0 Å². The van der Waals surface area contributed by atoms with Crippen molar-refractivity contribution in [2.75, 3.05) is 0 Å². The van der Waals surface area contributed by atoms with E-state index in [0.29, 0.717) is 11.8 Å². The number of hydrogen-bond acceptors (Lipinski definition) is 1. The molecule has 0 aliphatic heterocycles. The molecule has 11 heavy (non-hydrogen) atoms. The van der Waals surface area contributed by atoms with Crippen molar-refractivity contribution in [1.82, 2.24) is 0 Å². The first-order valence-electron chi connectivity index (χ1n) is 4.56. The lowest BCUT2D eigenvalue weighted by atomic mass is 9.77. The van der Waals surface area contributed by atoms with E-state index in [2.05, 4.69) is 13.5 Å². The smallest absolute Gasteiger partial charge is 0.0749 e. The molecule has 0 bridgehead atoms. The maximum absolute atomic E-state index is 9.54. The van der Waals surface area contributed by atoms with Gasteiger partial charge < -0.3 is 5.11 Å². The molecule has 0 aromatic rings. The molecule has 1 heteroatoms. The van der Waals surface area contributed by atoms with Crippen LogP contribution >= 0.6 is 0 Å². The summed E-state index contributed by atoms with van der Waals surface area (Å²) in [4.78, 5) is 0. The second-order valence-electron chi connectivity index (χ2n) is 3.65. The van der Waals surface area contributed by atoms with Crippen LogP contribution in [-0.2, 0) is 0 Å². The van der Waals surface area contributed by atoms with Gasteiger partial charge in [0.15, 0.2) is 0 Å². The van der Waals surface area contributed by atoms with Crippen molar-refractivity contribution < 1.29 is 5.11 Å². The van der Waals surface area contributed by atoms with E-state index in [1.165, 1.54) is 25.7 Å². The van der Waals surface area contributed by atoms with Gasteiger partial charge in [-0.2, -0.15) is 0 Å². The Morgan fingerprint density at radius 3 is 2.64 bits per heavy atom. The number of aliphatic hydroxyl groups is 1. The molecule has 1 saturated carbocycles. The zero-order valence-electron chi connectivity index (χ0n) is 7.29. The summed E-state index contributed by atoms with van der Waals surface area (Å²) in [5.74, 6) is 1.15. The van der Waals surface area contributed by atoms with Crippen molar-refractivity contribution in [1.29, 1.82) is 0 Å². The molecule has 0 aromatic heterocycles. The molecule has 3 unspecified atom stereocenters. The van der Waals surface area contributed by atoms with E-state index >= 15 is 0 Å². The maximum atomic E-state index is 9.54. The molecule has 1 aliphatic rings. The quantitative estimate of drug-likeness (QED) is 0.605. The average Bonchev–Trinajstić information content (AvgIpc) is 2.04. The van der Waals surface area contributed by atoms with Gasteiger partial charge in [0, 0.05) is 0 Å². The highest BCUT2D eigenvalue weighted by Gasteiger charge is 2.25. The van der Waals surface area contributed by atoms with E-state index in [-0.39, 0.29) is 6.10 Å². The molecular formula is C10H18O. The van der Waals surface area contributed by atoms with Crippen molar-refractivity contribution in [3.63, 3.8) is 0 Å². The lowest BCUT2D eigenvalue weighted by molar-refractivity contribution is 0.0888. The molecule has 1 fully saturated rings. The van der Waals surface area contributed by atoms with E-state index in [1.54, 1.807) is 6.08 Å². The largest absolute Gasteiger partial charge is 0.389 e. The third-order valence-corrected chi connectivity index (χ3v) is 2.86. The highest BCUT2D eigenvalue weighted by molar-refractivity contribution is 4.88. The Morgan fingerprint density at radius 2 is 2.09 bits per heavy atom. The van der Waals surface area contributed by atoms with Crippen molar-refractivity contribution in [2.45, 2.75) is 38.7 Å². The third kappa shape index (κ3) is 2.06. The summed E-state index contributed by atoms with van der Waals surface area (Å²) >= 11 is 0. The van der Waals surface area contributed by atoms with Crippen LogP contribution in [0.4, 0.5) is 0 Å². The highest BCUT2D eigenvalue weighted by Crippen LogP contribution is 2.32. The zero-order chi connectivity index (χ0) is 8.27. The van der Waals surface area contributed by atoms with Gasteiger partial charge in [0.25, 0.3) is 0 Å². The number of rotatable bonds is 2. The van der Waals surface area contributed by atoms with Crippen LogP contribution in [0.25, 0.3) is 0 Å². The van der Waals surface area contributed by atoms with Crippen LogP contribution in [0.3, 0.4) is 0 Å². The van der Waals surface area contributed by atoms with Gasteiger partial charge in [0.2, 0.25) is 0 Å². The summed E-state index contributed by atoms with van der Waals surface area (Å²) < 4.78 is 0. The number of aliphatic hydroxyl groups excluding tert-OH is 1. The average molecular weight is 154 g/mol. The van der Waals surface area contributed by atoms with Crippen molar-refractivity contribution in [2.24, 2.45) is 11.8 Å². The van der Waals surface area contributed by atoms with Gasteiger partial charge in [-0.1, -0.05) is 32.3 Å². The molecule has 3 atom stereocenters. The molecule has 1 nitrogen and oxygen atoms in total. The van der Waals surface area contributed by atoms with E-state index in [4.69, 9.17) is 0 Å². The predicted molar refractivity (Wildman–Crippen MR) is 47.3 cm³/mol. The Kier molecular flexibility index (Phi) is 3.13. The minimum atomic E-state index is -0.273. The van der Waals surface area contributed by atoms with Crippen molar-refractivity contribution in [3.05, 3.63) is 12.7 Å². The Labute approximate surface area is 69.1 Å². The fourth-order valence-corrected chi connectivity index (χ4v) is 2.03. The fraction of sp³-hybridized carbons (Fsp3) is 0.800. The minimum Gasteiger partial charge on any atom is -0.389 e. The second-order valence-corrected chi connectivity index (χ2v) is 3.65. The standard InChI is InChI=1S/C10H18O/c1-3-10(11)9-7-5-4-6-8(9)2/h3,8-11H,1,4-7H2,2H3. The van der Waals surface area contributed by atoms with Crippen LogP contribution in [0.1, 0.15) is 32.6 Å². The molecule has 0 aromatic carbocycles. The molecule has 0 saturated heterocycles. The summed E-state index contributed by atoms with van der Waals surface area (Å²) in [5.41, 5.74) is 0. The monoisotopic (exact) mass is 154 g/mol. The summed E-state index contributed by atoms with van der Waals surface area (Å²) in [7, 11) is 0. The SMILES string of the molecule is C=CC(O)C1CCCCC1C. The normalized spacial score (nSPS) is 34.7. The first kappa shape index (κ1) is 8.79. The second kappa shape index (κ2) is 3.91. The Bertz CT molecular complexity index is 131. The van der Waals surface area contributed by atoms with Gasteiger partial charge in [-0.25, -0.2) is 0 Å². The summed E-state index contributed by atoms with van der Waals surface area (Å²) in [6, 6.07) is 0. The third-order valence-electron chi connectivity index (χ3n) is 2.86. The summed E-state index contributed by atoms with van der Waals surface area (Å²) in [5, 5.41) is 9.54. The molecule has 64 valence electrons. The summed E-state index contributed by atoms with van der Waals surface area (Å²) in [6.45, 7) is 5.85. The van der Waals surface area contributed by atoms with Gasteiger partial charge in [0.1, 0.15) is 0 Å². The minimum absolute atomic E-state index is 0.273. The molecule has 0 spiro atoms. The fourth-order valence-electron chi connectivity index (χ4n) is 2.03. The molecule has 0 radical (unpaired) electrons. The topological polar surface area (TPSA) is 20.2 Å². The van der Waals surface area contributed by atoms with Gasteiger partial charge in [-0.3, -0.25) is 0 Å². The van der Waals surface area contributed by atoms with Crippen LogP contribution in [0, 0.1) is 11.8 Å². The van der Waals surface area contributed by atoms with Crippen molar-refractivity contribution >= 4 is 0 Å². The maximum Gasteiger partial charge on any atom is 0.0749 e.